The molecule has 0 bridgehead atoms. The van der Waals surface area contributed by atoms with Crippen molar-refractivity contribution in [1.82, 2.24) is 9.80 Å². The second kappa shape index (κ2) is 17.7. The summed E-state index contributed by atoms with van der Waals surface area (Å²) in [5, 5.41) is 0. The summed E-state index contributed by atoms with van der Waals surface area (Å²) in [6.45, 7) is 19.6. The number of allylic oxidation sites excluding steroid dienone is 5. The maximum atomic E-state index is 6.11. The molecule has 35 heavy (non-hydrogen) atoms. The zero-order chi connectivity index (χ0) is 26.1. The zero-order valence-corrected chi connectivity index (χ0v) is 23.1. The molecule has 1 atom stereocenters. The standard InChI is InChI=1S/C28H43N3O2.C2H6/c1-6-11-23(3)26(16-15-24(4)32-5)31-21-19-30(20-22-31)18-17-27(33-28(29)12-7-2)25-13-9-8-10-14-25;1-2/h8-10,12-16,27H,3,6-7,11,17-22,29H2,1-2,4-5H3;1-2H3/b24-15+,26-16+,28-12-;. The van der Waals surface area contributed by atoms with Gasteiger partial charge in [-0.3, -0.25) is 4.90 Å². The smallest absolute Gasteiger partial charge is 0.180 e. The highest BCUT2D eigenvalue weighted by molar-refractivity contribution is 5.31. The molecule has 0 amide bonds. The van der Waals surface area contributed by atoms with Crippen molar-refractivity contribution in [2.45, 2.75) is 66.4 Å². The average molecular weight is 484 g/mol. The van der Waals surface area contributed by atoms with Crippen LogP contribution in [-0.2, 0) is 9.47 Å². The number of nitrogens with two attached hydrogens (primary N) is 1. The van der Waals surface area contributed by atoms with Gasteiger partial charge in [0, 0.05) is 44.8 Å². The van der Waals surface area contributed by atoms with E-state index in [-0.39, 0.29) is 6.10 Å². The van der Waals surface area contributed by atoms with Gasteiger partial charge in [-0.2, -0.15) is 0 Å². The van der Waals surface area contributed by atoms with E-state index >= 15 is 0 Å². The van der Waals surface area contributed by atoms with Gasteiger partial charge in [0.25, 0.3) is 0 Å². The average Bonchev–Trinajstić information content (AvgIpc) is 2.89. The van der Waals surface area contributed by atoms with E-state index in [2.05, 4.69) is 60.6 Å². The van der Waals surface area contributed by atoms with Crippen LogP contribution < -0.4 is 5.73 Å². The van der Waals surface area contributed by atoms with Crippen molar-refractivity contribution in [3.05, 3.63) is 83.6 Å². The fraction of sp³-hybridized carbons (Fsp3) is 0.533. The summed E-state index contributed by atoms with van der Waals surface area (Å²) < 4.78 is 11.4. The first kappa shape index (κ1) is 30.4. The first-order valence-corrected chi connectivity index (χ1v) is 13.2. The van der Waals surface area contributed by atoms with Crippen LogP contribution >= 0.6 is 0 Å². The maximum absolute atomic E-state index is 6.11. The molecule has 1 saturated heterocycles. The van der Waals surface area contributed by atoms with Crippen molar-refractivity contribution in [2.24, 2.45) is 5.73 Å². The molecule has 196 valence electrons. The van der Waals surface area contributed by atoms with Crippen LogP contribution in [-0.4, -0.2) is 49.6 Å². The van der Waals surface area contributed by atoms with Gasteiger partial charge in [-0.15, -0.1) is 0 Å². The third-order valence-corrected chi connectivity index (χ3v) is 5.99. The van der Waals surface area contributed by atoms with Gasteiger partial charge in [0.1, 0.15) is 6.10 Å². The molecule has 5 heteroatoms. The molecular weight excluding hydrogens is 434 g/mol. The van der Waals surface area contributed by atoms with Crippen LogP contribution in [0.15, 0.2) is 78.1 Å². The molecule has 1 fully saturated rings. The molecule has 1 aliphatic heterocycles. The van der Waals surface area contributed by atoms with Crippen molar-refractivity contribution in [1.29, 1.82) is 0 Å². The number of rotatable bonds is 13. The Morgan fingerprint density at radius 3 is 2.31 bits per heavy atom. The molecule has 0 aromatic heterocycles. The molecule has 0 radical (unpaired) electrons. The number of hydrogen-bond donors (Lipinski definition) is 1. The van der Waals surface area contributed by atoms with E-state index in [9.17, 15) is 0 Å². The van der Waals surface area contributed by atoms with Crippen LogP contribution in [0.2, 0.25) is 0 Å². The molecule has 1 unspecified atom stereocenters. The minimum Gasteiger partial charge on any atom is -0.501 e. The minimum atomic E-state index is -0.0334. The lowest BCUT2D eigenvalue weighted by Gasteiger charge is -2.38. The Balaban J connectivity index is 0.00000298. The Kier molecular flexibility index (Phi) is 15.4. The van der Waals surface area contributed by atoms with Gasteiger partial charge in [-0.05, 0) is 49.1 Å². The van der Waals surface area contributed by atoms with E-state index in [1.807, 2.05) is 39.0 Å². The van der Waals surface area contributed by atoms with Gasteiger partial charge >= 0.3 is 0 Å². The van der Waals surface area contributed by atoms with Crippen molar-refractivity contribution in [2.75, 3.05) is 39.8 Å². The molecule has 0 aliphatic carbocycles. The molecule has 0 saturated carbocycles. The van der Waals surface area contributed by atoms with Crippen LogP contribution in [0.1, 0.15) is 72.0 Å². The van der Waals surface area contributed by atoms with E-state index < -0.39 is 0 Å². The van der Waals surface area contributed by atoms with E-state index in [0.29, 0.717) is 5.88 Å². The van der Waals surface area contributed by atoms with Crippen molar-refractivity contribution in [3.8, 4) is 0 Å². The van der Waals surface area contributed by atoms with Crippen molar-refractivity contribution < 1.29 is 9.47 Å². The highest BCUT2D eigenvalue weighted by atomic mass is 16.5. The van der Waals surface area contributed by atoms with Gasteiger partial charge in [-0.1, -0.05) is 71.0 Å². The van der Waals surface area contributed by atoms with Crippen LogP contribution in [0, 0.1) is 0 Å². The van der Waals surface area contributed by atoms with Crippen molar-refractivity contribution in [3.63, 3.8) is 0 Å². The van der Waals surface area contributed by atoms with Crippen LogP contribution in [0.3, 0.4) is 0 Å². The van der Waals surface area contributed by atoms with Crippen LogP contribution in [0.25, 0.3) is 0 Å². The monoisotopic (exact) mass is 483 g/mol. The lowest BCUT2D eigenvalue weighted by molar-refractivity contribution is 0.0819. The Labute approximate surface area is 215 Å². The quantitative estimate of drug-likeness (QED) is 0.248. The molecule has 0 spiro atoms. The fourth-order valence-electron chi connectivity index (χ4n) is 4.03. The summed E-state index contributed by atoms with van der Waals surface area (Å²) in [5.41, 5.74) is 9.69. The van der Waals surface area contributed by atoms with Gasteiger partial charge in [0.2, 0.25) is 0 Å². The first-order valence-electron chi connectivity index (χ1n) is 13.2. The second-order valence-corrected chi connectivity index (χ2v) is 8.54. The summed E-state index contributed by atoms with van der Waals surface area (Å²) in [7, 11) is 1.71. The molecule has 1 heterocycles. The predicted molar refractivity (Wildman–Crippen MR) is 150 cm³/mol. The van der Waals surface area contributed by atoms with Gasteiger partial charge in [0.15, 0.2) is 5.88 Å². The van der Waals surface area contributed by atoms with Crippen LogP contribution in [0.5, 0.6) is 0 Å². The number of ether oxygens (including phenoxy) is 2. The van der Waals surface area contributed by atoms with E-state index in [0.717, 1.165) is 64.2 Å². The third-order valence-electron chi connectivity index (χ3n) is 5.99. The minimum absolute atomic E-state index is 0.0334. The Hall–Kier alpha value is -2.66. The number of piperazine rings is 1. The van der Waals surface area contributed by atoms with Crippen molar-refractivity contribution >= 4 is 0 Å². The van der Waals surface area contributed by atoms with Gasteiger partial charge < -0.3 is 20.1 Å². The van der Waals surface area contributed by atoms with Gasteiger partial charge in [0.05, 0.1) is 12.9 Å². The molecule has 2 N–H and O–H groups in total. The topological polar surface area (TPSA) is 51.0 Å². The molecule has 1 aromatic carbocycles. The molecule has 1 aromatic rings. The van der Waals surface area contributed by atoms with E-state index in [1.54, 1.807) is 7.11 Å². The summed E-state index contributed by atoms with van der Waals surface area (Å²) in [5.74, 6) is 1.42. The summed E-state index contributed by atoms with van der Waals surface area (Å²) >= 11 is 0. The zero-order valence-electron chi connectivity index (χ0n) is 23.1. The van der Waals surface area contributed by atoms with E-state index in [1.165, 1.54) is 16.8 Å². The highest BCUT2D eigenvalue weighted by Crippen LogP contribution is 2.25. The maximum Gasteiger partial charge on any atom is 0.180 e. The summed E-state index contributed by atoms with van der Waals surface area (Å²) in [6.07, 6.45) is 9.98. The third kappa shape index (κ3) is 11.1. The number of benzene rings is 1. The summed E-state index contributed by atoms with van der Waals surface area (Å²) in [6, 6.07) is 10.4. The lowest BCUT2D eigenvalue weighted by atomic mass is 10.1. The highest BCUT2D eigenvalue weighted by Gasteiger charge is 2.22. The second-order valence-electron chi connectivity index (χ2n) is 8.54. The molecule has 2 rings (SSSR count). The normalized spacial score (nSPS) is 16.3. The molecule has 1 aliphatic rings. The molecular formula is C30H49N3O2. The lowest BCUT2D eigenvalue weighted by Crippen LogP contribution is -2.46. The summed E-state index contributed by atoms with van der Waals surface area (Å²) in [4.78, 5) is 4.98. The predicted octanol–water partition coefficient (Wildman–Crippen LogP) is 6.78. The Morgan fingerprint density at radius 1 is 1.09 bits per heavy atom. The largest absolute Gasteiger partial charge is 0.501 e. The van der Waals surface area contributed by atoms with Gasteiger partial charge in [-0.25, -0.2) is 0 Å². The number of nitrogens with zero attached hydrogens (tertiary/aromatic N) is 2. The molecule has 5 nitrogen and oxygen atoms in total. The first-order chi connectivity index (χ1) is 17.0. The fourth-order valence-corrected chi connectivity index (χ4v) is 4.03. The number of methoxy groups -OCH3 is 1. The number of hydrogen-bond acceptors (Lipinski definition) is 5. The van der Waals surface area contributed by atoms with E-state index in [4.69, 9.17) is 15.2 Å². The Morgan fingerprint density at radius 2 is 1.74 bits per heavy atom. The Bertz CT molecular complexity index is 806. The van der Waals surface area contributed by atoms with Crippen LogP contribution in [0.4, 0.5) is 0 Å². The SMILES string of the molecule is C=C(CCC)/C(=C\C=C(/C)OC)N1CCN(CCC(O/C(N)=C\CC)c2ccccc2)CC1.CC.